The first kappa shape index (κ1) is 20.6. The van der Waals surface area contributed by atoms with Gasteiger partial charge in [-0.1, -0.05) is 44.2 Å². The van der Waals surface area contributed by atoms with Crippen molar-refractivity contribution in [3.05, 3.63) is 70.8 Å². The van der Waals surface area contributed by atoms with Crippen LogP contribution in [0, 0.1) is 5.92 Å². The van der Waals surface area contributed by atoms with Gasteiger partial charge in [0.15, 0.2) is 6.10 Å². The van der Waals surface area contributed by atoms with E-state index in [9.17, 15) is 14.4 Å². The third-order valence-corrected chi connectivity index (χ3v) is 4.72. The molecule has 1 aliphatic heterocycles. The van der Waals surface area contributed by atoms with Crippen LogP contribution in [0.5, 0.6) is 0 Å². The molecule has 2 aromatic rings. The second-order valence-corrected chi connectivity index (χ2v) is 7.57. The Balaban J connectivity index is 1.72. The number of nitrogens with one attached hydrogen (secondary N) is 1. The number of amides is 1. The van der Waals surface area contributed by atoms with Crippen LogP contribution >= 0.6 is 0 Å². The van der Waals surface area contributed by atoms with Crippen LogP contribution < -0.4 is 5.32 Å². The quantitative estimate of drug-likeness (QED) is 0.758. The minimum Gasteiger partial charge on any atom is -0.454 e. The summed E-state index contributed by atoms with van der Waals surface area (Å²) >= 11 is 0. The SMILES string of the molecule is CC(C)CNC(=O)[C@@H](C)OC(=O)c1ccc2c(c1)C[C@@H](c1ccccc1)OC2=O. The van der Waals surface area contributed by atoms with E-state index in [1.54, 1.807) is 12.1 Å². The van der Waals surface area contributed by atoms with Crippen molar-refractivity contribution < 1.29 is 23.9 Å². The van der Waals surface area contributed by atoms with Gasteiger partial charge in [0.25, 0.3) is 5.91 Å². The zero-order chi connectivity index (χ0) is 21.0. The van der Waals surface area contributed by atoms with Crippen LogP contribution in [0.25, 0.3) is 0 Å². The Morgan fingerprint density at radius 2 is 1.86 bits per heavy atom. The summed E-state index contributed by atoms with van der Waals surface area (Å²) < 4.78 is 10.8. The normalized spacial score (nSPS) is 16.6. The summed E-state index contributed by atoms with van der Waals surface area (Å²) in [4.78, 5) is 36.9. The number of ether oxygens (including phenoxy) is 2. The third kappa shape index (κ3) is 5.02. The Bertz CT molecular complexity index is 907. The van der Waals surface area contributed by atoms with Gasteiger partial charge < -0.3 is 14.8 Å². The van der Waals surface area contributed by atoms with Gasteiger partial charge >= 0.3 is 11.9 Å². The topological polar surface area (TPSA) is 81.7 Å². The first-order valence-electron chi connectivity index (χ1n) is 9.72. The van der Waals surface area contributed by atoms with Gasteiger partial charge in [-0.25, -0.2) is 9.59 Å². The van der Waals surface area contributed by atoms with Crippen LogP contribution in [0.3, 0.4) is 0 Å². The Hall–Kier alpha value is -3.15. The van der Waals surface area contributed by atoms with Crippen molar-refractivity contribution in [1.29, 1.82) is 0 Å². The molecule has 1 N–H and O–H groups in total. The molecule has 0 unspecified atom stereocenters. The molecule has 6 nitrogen and oxygen atoms in total. The van der Waals surface area contributed by atoms with Crippen LogP contribution in [0.15, 0.2) is 48.5 Å². The molecule has 152 valence electrons. The third-order valence-electron chi connectivity index (χ3n) is 4.72. The van der Waals surface area contributed by atoms with E-state index in [4.69, 9.17) is 9.47 Å². The molecule has 2 aromatic carbocycles. The van der Waals surface area contributed by atoms with Crippen molar-refractivity contribution in [1.82, 2.24) is 5.32 Å². The van der Waals surface area contributed by atoms with Gasteiger partial charge in [0, 0.05) is 13.0 Å². The van der Waals surface area contributed by atoms with Gasteiger partial charge in [-0.05, 0) is 42.2 Å². The predicted octanol–water partition coefficient (Wildman–Crippen LogP) is 3.46. The maximum atomic E-state index is 12.5. The zero-order valence-corrected chi connectivity index (χ0v) is 16.8. The van der Waals surface area contributed by atoms with Crippen LogP contribution in [0.2, 0.25) is 0 Å². The number of esters is 2. The summed E-state index contributed by atoms with van der Waals surface area (Å²) in [5.74, 6) is -1.05. The zero-order valence-electron chi connectivity index (χ0n) is 16.8. The standard InChI is InChI=1S/C23H25NO5/c1-14(2)13-24-21(25)15(3)28-22(26)17-9-10-19-18(11-17)12-20(29-23(19)27)16-7-5-4-6-8-16/h4-11,14-15,20H,12-13H2,1-3H3,(H,24,25)/t15-,20+/m1/s1. The van der Waals surface area contributed by atoms with Crippen molar-refractivity contribution in [2.75, 3.05) is 6.54 Å². The molecule has 0 aromatic heterocycles. The molecule has 29 heavy (non-hydrogen) atoms. The van der Waals surface area contributed by atoms with E-state index < -0.39 is 24.1 Å². The lowest BCUT2D eigenvalue weighted by molar-refractivity contribution is -0.129. The molecule has 1 aliphatic rings. The van der Waals surface area contributed by atoms with Gasteiger partial charge in [-0.2, -0.15) is 0 Å². The highest BCUT2D eigenvalue weighted by Gasteiger charge is 2.29. The number of hydrogen-bond acceptors (Lipinski definition) is 5. The summed E-state index contributed by atoms with van der Waals surface area (Å²) in [6.45, 7) is 6.02. The molecule has 0 spiro atoms. The second-order valence-electron chi connectivity index (χ2n) is 7.57. The molecular formula is C23H25NO5. The maximum absolute atomic E-state index is 12.5. The smallest absolute Gasteiger partial charge is 0.339 e. The molecule has 1 amide bonds. The largest absolute Gasteiger partial charge is 0.454 e. The van der Waals surface area contributed by atoms with E-state index in [1.165, 1.54) is 13.0 Å². The number of carbonyl (C=O) groups is 3. The Morgan fingerprint density at radius 3 is 2.55 bits per heavy atom. The van der Waals surface area contributed by atoms with Gasteiger partial charge in [0.1, 0.15) is 6.10 Å². The second kappa shape index (κ2) is 8.90. The van der Waals surface area contributed by atoms with Gasteiger partial charge in [-0.3, -0.25) is 4.79 Å². The lowest BCUT2D eigenvalue weighted by atomic mass is 9.93. The Morgan fingerprint density at radius 1 is 1.14 bits per heavy atom. The Labute approximate surface area is 170 Å². The maximum Gasteiger partial charge on any atom is 0.339 e. The molecule has 0 aliphatic carbocycles. The van der Waals surface area contributed by atoms with Crippen molar-refractivity contribution in [2.24, 2.45) is 5.92 Å². The van der Waals surface area contributed by atoms with Crippen molar-refractivity contribution in [3.8, 4) is 0 Å². The van der Waals surface area contributed by atoms with E-state index in [0.717, 1.165) is 11.1 Å². The van der Waals surface area contributed by atoms with Gasteiger partial charge in [0.2, 0.25) is 0 Å². The van der Waals surface area contributed by atoms with Crippen LogP contribution in [-0.4, -0.2) is 30.5 Å². The highest BCUT2D eigenvalue weighted by atomic mass is 16.6. The van der Waals surface area contributed by atoms with E-state index >= 15 is 0 Å². The number of benzene rings is 2. The van der Waals surface area contributed by atoms with Crippen LogP contribution in [0.1, 0.15) is 58.7 Å². The number of fused-ring (bicyclic) bond motifs is 1. The fraction of sp³-hybridized carbons (Fsp3) is 0.348. The molecule has 0 saturated carbocycles. The number of rotatable bonds is 6. The molecule has 1 heterocycles. The average molecular weight is 395 g/mol. The van der Waals surface area contributed by atoms with Crippen LogP contribution in [-0.2, 0) is 20.7 Å². The summed E-state index contributed by atoms with van der Waals surface area (Å²) in [6.07, 6.45) is -0.834. The highest BCUT2D eigenvalue weighted by molar-refractivity contribution is 5.96. The summed E-state index contributed by atoms with van der Waals surface area (Å²) in [5.41, 5.74) is 2.36. The van der Waals surface area contributed by atoms with E-state index in [0.29, 0.717) is 30.0 Å². The van der Waals surface area contributed by atoms with Crippen molar-refractivity contribution >= 4 is 17.8 Å². The fourth-order valence-electron chi connectivity index (χ4n) is 3.11. The van der Waals surface area contributed by atoms with Crippen molar-refractivity contribution in [2.45, 2.75) is 39.4 Å². The molecule has 3 rings (SSSR count). The molecule has 0 saturated heterocycles. The monoisotopic (exact) mass is 395 g/mol. The first-order chi connectivity index (χ1) is 13.8. The molecule has 0 fully saturated rings. The van der Waals surface area contributed by atoms with E-state index in [1.807, 2.05) is 44.2 Å². The van der Waals surface area contributed by atoms with E-state index in [-0.39, 0.29) is 5.91 Å². The fourth-order valence-corrected chi connectivity index (χ4v) is 3.11. The summed E-state index contributed by atoms with van der Waals surface area (Å²) in [7, 11) is 0. The minimum absolute atomic E-state index is 0.300. The van der Waals surface area contributed by atoms with Gasteiger partial charge in [0.05, 0.1) is 11.1 Å². The van der Waals surface area contributed by atoms with Gasteiger partial charge in [-0.15, -0.1) is 0 Å². The minimum atomic E-state index is -0.903. The molecule has 0 radical (unpaired) electrons. The molecular weight excluding hydrogens is 370 g/mol. The number of cyclic esters (lactones) is 1. The Kier molecular flexibility index (Phi) is 6.32. The summed E-state index contributed by atoms with van der Waals surface area (Å²) in [6, 6.07) is 14.2. The summed E-state index contributed by atoms with van der Waals surface area (Å²) in [5, 5.41) is 2.74. The van der Waals surface area contributed by atoms with Crippen LogP contribution in [0.4, 0.5) is 0 Å². The number of hydrogen-bond donors (Lipinski definition) is 1. The lowest BCUT2D eigenvalue weighted by Crippen LogP contribution is -2.37. The van der Waals surface area contributed by atoms with Crippen molar-refractivity contribution in [3.63, 3.8) is 0 Å². The van der Waals surface area contributed by atoms with E-state index in [2.05, 4.69) is 5.32 Å². The average Bonchev–Trinajstić information content (AvgIpc) is 2.72. The first-order valence-corrected chi connectivity index (χ1v) is 9.72. The molecule has 0 bridgehead atoms. The lowest BCUT2D eigenvalue weighted by Gasteiger charge is -2.25. The number of carbonyl (C=O) groups excluding carboxylic acids is 3. The molecule has 2 atom stereocenters. The molecule has 6 heteroatoms. The highest BCUT2D eigenvalue weighted by Crippen LogP contribution is 2.31. The predicted molar refractivity (Wildman–Crippen MR) is 107 cm³/mol.